The Bertz CT molecular complexity index is 962. The van der Waals surface area contributed by atoms with Crippen molar-refractivity contribution in [2.75, 3.05) is 7.11 Å². The van der Waals surface area contributed by atoms with Gasteiger partial charge in [-0.2, -0.15) is 0 Å². The van der Waals surface area contributed by atoms with Gasteiger partial charge in [-0.05, 0) is 35.7 Å². The minimum atomic E-state index is -0.708. The highest BCUT2D eigenvalue weighted by atomic mass is 16.5. The highest BCUT2D eigenvalue weighted by Crippen LogP contribution is 2.30. The number of nitrogens with one attached hydrogen (secondary N) is 2. The maximum Gasteiger partial charge on any atom is 0.223 e. The molecule has 0 bridgehead atoms. The Morgan fingerprint density at radius 2 is 1.39 bits per heavy atom. The molecular weight excluding hydrogens is 388 g/mol. The van der Waals surface area contributed by atoms with Crippen LogP contribution in [-0.2, 0) is 15.1 Å². The van der Waals surface area contributed by atoms with Gasteiger partial charge in [0.2, 0.25) is 11.8 Å². The molecule has 0 aromatic heterocycles. The van der Waals surface area contributed by atoms with Crippen LogP contribution in [0, 0.1) is 0 Å². The zero-order valence-corrected chi connectivity index (χ0v) is 18.1. The number of hydrogen-bond donors (Lipinski definition) is 2. The van der Waals surface area contributed by atoms with E-state index in [4.69, 9.17) is 4.74 Å². The van der Waals surface area contributed by atoms with Gasteiger partial charge in [-0.15, -0.1) is 0 Å². The highest BCUT2D eigenvalue weighted by Gasteiger charge is 2.31. The molecule has 0 aliphatic rings. The van der Waals surface area contributed by atoms with E-state index in [9.17, 15) is 9.59 Å². The van der Waals surface area contributed by atoms with Gasteiger partial charge in [-0.3, -0.25) is 9.59 Å². The van der Waals surface area contributed by atoms with Crippen LogP contribution >= 0.6 is 0 Å². The summed E-state index contributed by atoms with van der Waals surface area (Å²) < 4.78 is 5.21. The molecular formula is C26H28N2O3. The molecule has 3 aromatic carbocycles. The average molecular weight is 417 g/mol. The maximum atomic E-state index is 13.2. The van der Waals surface area contributed by atoms with Crippen LogP contribution in [0.3, 0.4) is 0 Å². The van der Waals surface area contributed by atoms with Crippen molar-refractivity contribution in [2.24, 2.45) is 0 Å². The van der Waals surface area contributed by atoms with Gasteiger partial charge in [-0.1, -0.05) is 72.8 Å². The van der Waals surface area contributed by atoms with Crippen LogP contribution in [0.25, 0.3) is 0 Å². The lowest BCUT2D eigenvalue weighted by molar-refractivity contribution is -0.124. The van der Waals surface area contributed by atoms with Crippen LogP contribution < -0.4 is 15.4 Å². The molecule has 0 spiro atoms. The van der Waals surface area contributed by atoms with Gasteiger partial charge in [0.05, 0.1) is 25.1 Å². The molecule has 1 unspecified atom stereocenters. The number of methoxy groups -OCH3 is 1. The van der Waals surface area contributed by atoms with Crippen molar-refractivity contribution in [3.63, 3.8) is 0 Å². The predicted octanol–water partition coefficient (Wildman–Crippen LogP) is 4.34. The molecule has 0 fully saturated rings. The van der Waals surface area contributed by atoms with E-state index in [-0.39, 0.29) is 18.2 Å². The van der Waals surface area contributed by atoms with Gasteiger partial charge in [0.15, 0.2) is 0 Å². The van der Waals surface area contributed by atoms with Crippen molar-refractivity contribution in [2.45, 2.75) is 31.8 Å². The summed E-state index contributed by atoms with van der Waals surface area (Å²) in [4.78, 5) is 25.0. The molecule has 3 rings (SSSR count). The minimum absolute atomic E-state index is 0.112. The van der Waals surface area contributed by atoms with Gasteiger partial charge in [0.1, 0.15) is 5.75 Å². The number of carbonyl (C=O) groups is 2. The predicted molar refractivity (Wildman–Crippen MR) is 122 cm³/mol. The number of amides is 2. The number of rotatable bonds is 8. The summed E-state index contributed by atoms with van der Waals surface area (Å²) in [5.41, 5.74) is 2.10. The second-order valence-electron chi connectivity index (χ2n) is 7.64. The van der Waals surface area contributed by atoms with Crippen LogP contribution in [-0.4, -0.2) is 18.9 Å². The van der Waals surface area contributed by atoms with Crippen LogP contribution in [0.4, 0.5) is 0 Å². The average Bonchev–Trinajstić information content (AvgIpc) is 2.79. The highest BCUT2D eigenvalue weighted by molar-refractivity contribution is 5.80. The zero-order valence-electron chi connectivity index (χ0n) is 18.1. The van der Waals surface area contributed by atoms with E-state index in [0.717, 1.165) is 22.4 Å². The van der Waals surface area contributed by atoms with Gasteiger partial charge < -0.3 is 15.4 Å². The fraction of sp³-hybridized carbons (Fsp3) is 0.231. The molecule has 0 aliphatic carbocycles. The minimum Gasteiger partial charge on any atom is -0.497 e. The first-order chi connectivity index (χ1) is 14.9. The van der Waals surface area contributed by atoms with E-state index in [2.05, 4.69) is 10.6 Å². The Morgan fingerprint density at radius 3 is 1.84 bits per heavy atom. The quantitative estimate of drug-likeness (QED) is 0.574. The summed E-state index contributed by atoms with van der Waals surface area (Å²) in [5, 5.41) is 6.10. The summed E-state index contributed by atoms with van der Waals surface area (Å²) in [6, 6.07) is 26.7. The third-order valence-electron chi connectivity index (χ3n) is 5.38. The first-order valence-corrected chi connectivity index (χ1v) is 10.3. The maximum absolute atomic E-state index is 13.2. The molecule has 1 atom stereocenters. The second-order valence-corrected chi connectivity index (χ2v) is 7.64. The Hall–Kier alpha value is -3.60. The molecule has 5 nitrogen and oxygen atoms in total. The fourth-order valence-corrected chi connectivity index (χ4v) is 3.70. The van der Waals surface area contributed by atoms with E-state index in [1.807, 2.05) is 91.9 Å². The van der Waals surface area contributed by atoms with Gasteiger partial charge >= 0.3 is 0 Å². The monoisotopic (exact) mass is 416 g/mol. The van der Waals surface area contributed by atoms with E-state index in [1.165, 1.54) is 6.92 Å². The van der Waals surface area contributed by atoms with Crippen molar-refractivity contribution in [1.82, 2.24) is 10.6 Å². The molecule has 0 radical (unpaired) electrons. The number of benzene rings is 3. The second kappa shape index (κ2) is 9.94. The first-order valence-electron chi connectivity index (χ1n) is 10.3. The van der Waals surface area contributed by atoms with Crippen molar-refractivity contribution in [3.8, 4) is 5.75 Å². The third-order valence-corrected chi connectivity index (χ3v) is 5.38. The summed E-state index contributed by atoms with van der Waals surface area (Å²) in [6.45, 7) is 3.45. The summed E-state index contributed by atoms with van der Waals surface area (Å²) in [6.07, 6.45) is 0.112. The van der Waals surface area contributed by atoms with Crippen LogP contribution in [0.5, 0.6) is 5.75 Å². The number of carbonyl (C=O) groups excluding carboxylic acids is 2. The van der Waals surface area contributed by atoms with Gasteiger partial charge in [-0.25, -0.2) is 0 Å². The first kappa shape index (κ1) is 22.1. The van der Waals surface area contributed by atoms with E-state index < -0.39 is 11.6 Å². The van der Waals surface area contributed by atoms with Crippen LogP contribution in [0.2, 0.25) is 0 Å². The molecule has 2 N–H and O–H groups in total. The van der Waals surface area contributed by atoms with Crippen molar-refractivity contribution in [1.29, 1.82) is 0 Å². The van der Waals surface area contributed by atoms with E-state index in [1.54, 1.807) is 7.11 Å². The lowest BCUT2D eigenvalue weighted by Gasteiger charge is -2.33. The number of hydrogen-bond acceptors (Lipinski definition) is 3. The Morgan fingerprint density at radius 1 is 0.871 bits per heavy atom. The topological polar surface area (TPSA) is 67.4 Å². The number of ether oxygens (including phenoxy) is 1. The molecule has 0 heterocycles. The molecule has 160 valence electrons. The molecule has 0 saturated heterocycles. The lowest BCUT2D eigenvalue weighted by atomic mass is 9.84. The van der Waals surface area contributed by atoms with Crippen LogP contribution in [0.15, 0.2) is 84.9 Å². The van der Waals surface area contributed by atoms with E-state index >= 15 is 0 Å². The van der Waals surface area contributed by atoms with Crippen molar-refractivity contribution in [3.05, 3.63) is 102 Å². The largest absolute Gasteiger partial charge is 0.497 e. The standard InChI is InChI=1S/C26H28N2O3/c1-19(29)27-24(20-14-16-23(31-3)17-15-20)18-25(30)28-26(2,21-10-6-4-7-11-21)22-12-8-5-9-13-22/h4-17,24H,18H2,1-3H3,(H,27,29)(H,28,30). The SMILES string of the molecule is COc1ccc(C(CC(=O)NC(C)(c2ccccc2)c2ccccc2)NC(C)=O)cc1. The van der Waals surface area contributed by atoms with E-state index in [0.29, 0.717) is 0 Å². The third kappa shape index (κ3) is 5.51. The molecule has 5 heteroatoms. The zero-order chi connectivity index (χ0) is 22.3. The molecule has 31 heavy (non-hydrogen) atoms. The fourth-order valence-electron chi connectivity index (χ4n) is 3.70. The Kier molecular flexibility index (Phi) is 7.08. The van der Waals surface area contributed by atoms with Gasteiger partial charge in [0.25, 0.3) is 0 Å². The Labute approximate surface area is 183 Å². The normalized spacial score (nSPS) is 12.0. The van der Waals surface area contributed by atoms with Crippen LogP contribution in [0.1, 0.15) is 43.0 Å². The Balaban J connectivity index is 1.86. The summed E-state index contributed by atoms with van der Waals surface area (Å²) >= 11 is 0. The molecule has 0 aliphatic heterocycles. The smallest absolute Gasteiger partial charge is 0.223 e. The lowest BCUT2D eigenvalue weighted by Crippen LogP contribution is -2.45. The molecule has 2 amide bonds. The molecule has 0 saturated carbocycles. The summed E-state index contributed by atoms with van der Waals surface area (Å²) in [5.74, 6) is 0.364. The van der Waals surface area contributed by atoms with Crippen molar-refractivity contribution < 1.29 is 14.3 Å². The van der Waals surface area contributed by atoms with Gasteiger partial charge in [0, 0.05) is 6.92 Å². The summed E-state index contributed by atoms with van der Waals surface area (Å²) in [7, 11) is 1.60. The van der Waals surface area contributed by atoms with Crippen molar-refractivity contribution >= 4 is 11.8 Å². The molecule has 3 aromatic rings.